The average Bonchev–Trinajstić information content (AvgIpc) is 2.57. The molecule has 0 saturated heterocycles. The van der Waals surface area contributed by atoms with E-state index >= 15 is 0 Å². The summed E-state index contributed by atoms with van der Waals surface area (Å²) in [7, 11) is 0. The first-order chi connectivity index (χ1) is 11.1. The van der Waals surface area contributed by atoms with E-state index in [9.17, 15) is 15.0 Å². The van der Waals surface area contributed by atoms with E-state index in [1.165, 1.54) is 6.07 Å². The zero-order valence-electron chi connectivity index (χ0n) is 12.8. The van der Waals surface area contributed by atoms with Crippen molar-refractivity contribution in [3.63, 3.8) is 0 Å². The topological polar surface area (TPSA) is 82.5 Å². The Morgan fingerprint density at radius 2 is 1.91 bits per heavy atom. The van der Waals surface area contributed by atoms with E-state index in [2.05, 4.69) is 10.3 Å². The molecule has 0 bridgehead atoms. The molecule has 0 aliphatic heterocycles. The van der Waals surface area contributed by atoms with Crippen LogP contribution in [0, 0.1) is 0 Å². The van der Waals surface area contributed by atoms with Gasteiger partial charge in [-0.3, -0.25) is 9.78 Å². The van der Waals surface area contributed by atoms with Crippen molar-refractivity contribution >= 4 is 5.91 Å². The SMILES string of the molecule is O=C(NC1CCC(c2ccc(O)cc2O)CC1)c1cccnc1. The molecule has 5 heteroatoms. The van der Waals surface area contributed by atoms with Crippen molar-refractivity contribution in [2.24, 2.45) is 0 Å². The number of hydrogen-bond acceptors (Lipinski definition) is 4. The van der Waals surface area contributed by atoms with Gasteiger partial charge >= 0.3 is 0 Å². The molecule has 3 N–H and O–H groups in total. The fourth-order valence-corrected chi connectivity index (χ4v) is 3.19. The zero-order chi connectivity index (χ0) is 16.2. The van der Waals surface area contributed by atoms with E-state index < -0.39 is 0 Å². The second kappa shape index (κ2) is 6.69. The number of aromatic nitrogens is 1. The standard InChI is InChI=1S/C18H20N2O3/c21-15-7-8-16(17(22)10-15)12-3-5-14(6-4-12)20-18(23)13-2-1-9-19-11-13/h1-2,7-12,14,21-22H,3-6H2,(H,20,23). The lowest BCUT2D eigenvalue weighted by Gasteiger charge is -2.29. The number of phenols is 2. The second-order valence-corrected chi connectivity index (χ2v) is 6.01. The molecule has 1 fully saturated rings. The molecule has 0 atom stereocenters. The number of nitrogens with zero attached hydrogens (tertiary/aromatic N) is 1. The second-order valence-electron chi connectivity index (χ2n) is 6.01. The van der Waals surface area contributed by atoms with Crippen molar-refractivity contribution in [1.82, 2.24) is 10.3 Å². The molecule has 2 aromatic rings. The lowest BCUT2D eigenvalue weighted by molar-refractivity contribution is 0.0925. The maximum Gasteiger partial charge on any atom is 0.253 e. The Hall–Kier alpha value is -2.56. The van der Waals surface area contributed by atoms with Crippen molar-refractivity contribution < 1.29 is 15.0 Å². The van der Waals surface area contributed by atoms with Crippen LogP contribution in [0.1, 0.15) is 47.5 Å². The van der Waals surface area contributed by atoms with Gasteiger partial charge in [0, 0.05) is 24.5 Å². The van der Waals surface area contributed by atoms with E-state index in [-0.39, 0.29) is 29.4 Å². The lowest BCUT2D eigenvalue weighted by atomic mass is 9.81. The van der Waals surface area contributed by atoms with Crippen LogP contribution in [-0.2, 0) is 0 Å². The number of pyridine rings is 1. The summed E-state index contributed by atoms with van der Waals surface area (Å²) >= 11 is 0. The molecule has 23 heavy (non-hydrogen) atoms. The molecule has 0 spiro atoms. The monoisotopic (exact) mass is 312 g/mol. The maximum absolute atomic E-state index is 12.1. The average molecular weight is 312 g/mol. The van der Waals surface area contributed by atoms with Crippen LogP contribution in [0.3, 0.4) is 0 Å². The molecule has 1 aromatic carbocycles. The van der Waals surface area contributed by atoms with E-state index in [4.69, 9.17) is 0 Å². The Balaban J connectivity index is 1.57. The van der Waals surface area contributed by atoms with Crippen LogP contribution in [0.15, 0.2) is 42.7 Å². The Labute approximate surface area is 135 Å². The van der Waals surface area contributed by atoms with E-state index in [1.807, 2.05) is 0 Å². The van der Waals surface area contributed by atoms with E-state index in [0.29, 0.717) is 5.56 Å². The van der Waals surface area contributed by atoms with Gasteiger partial charge in [0.2, 0.25) is 0 Å². The molecule has 1 aliphatic carbocycles. The quantitative estimate of drug-likeness (QED) is 0.814. The van der Waals surface area contributed by atoms with E-state index in [1.54, 1.807) is 36.7 Å². The van der Waals surface area contributed by atoms with Gasteiger partial charge in [0.05, 0.1) is 5.56 Å². The van der Waals surface area contributed by atoms with Crippen LogP contribution in [0.4, 0.5) is 0 Å². The summed E-state index contributed by atoms with van der Waals surface area (Å²) in [6.07, 6.45) is 6.75. The number of nitrogens with one attached hydrogen (secondary N) is 1. The highest BCUT2D eigenvalue weighted by Crippen LogP contribution is 2.38. The zero-order valence-corrected chi connectivity index (χ0v) is 12.8. The number of amides is 1. The molecule has 3 rings (SSSR count). The van der Waals surface area contributed by atoms with Gasteiger partial charge in [-0.05, 0) is 55.4 Å². The molecular weight excluding hydrogens is 292 g/mol. The van der Waals surface area contributed by atoms with Gasteiger partial charge in [-0.25, -0.2) is 0 Å². The highest BCUT2D eigenvalue weighted by atomic mass is 16.3. The molecule has 1 amide bonds. The number of rotatable bonds is 3. The van der Waals surface area contributed by atoms with Gasteiger partial charge in [0.1, 0.15) is 11.5 Å². The summed E-state index contributed by atoms with van der Waals surface area (Å²) in [5.41, 5.74) is 1.45. The number of carbonyl (C=O) groups excluding carboxylic acids is 1. The largest absolute Gasteiger partial charge is 0.508 e. The minimum atomic E-state index is -0.0889. The third-order valence-corrected chi connectivity index (χ3v) is 4.44. The number of phenolic OH excluding ortho intramolecular Hbond substituents is 2. The Morgan fingerprint density at radius 1 is 1.13 bits per heavy atom. The van der Waals surface area contributed by atoms with Gasteiger partial charge in [-0.15, -0.1) is 0 Å². The van der Waals surface area contributed by atoms with Crippen LogP contribution in [0.5, 0.6) is 11.5 Å². The fourth-order valence-electron chi connectivity index (χ4n) is 3.19. The molecule has 1 saturated carbocycles. The van der Waals surface area contributed by atoms with Gasteiger partial charge in [-0.1, -0.05) is 6.07 Å². The third-order valence-electron chi connectivity index (χ3n) is 4.44. The van der Waals surface area contributed by atoms with E-state index in [0.717, 1.165) is 31.2 Å². The van der Waals surface area contributed by atoms with Crippen molar-refractivity contribution in [1.29, 1.82) is 0 Å². The Kier molecular flexibility index (Phi) is 4.46. The van der Waals surface area contributed by atoms with Gasteiger partial charge in [-0.2, -0.15) is 0 Å². The summed E-state index contributed by atoms with van der Waals surface area (Å²) in [5, 5.41) is 22.4. The fraction of sp³-hybridized carbons (Fsp3) is 0.333. The van der Waals surface area contributed by atoms with Crippen LogP contribution < -0.4 is 5.32 Å². The number of hydrogen-bond donors (Lipinski definition) is 3. The summed E-state index contributed by atoms with van der Waals surface area (Å²) in [6, 6.07) is 8.42. The van der Waals surface area contributed by atoms with Crippen LogP contribution in [0.2, 0.25) is 0 Å². The predicted octanol–water partition coefficient (Wildman–Crippen LogP) is 2.95. The van der Waals surface area contributed by atoms with Gasteiger partial charge < -0.3 is 15.5 Å². The summed E-state index contributed by atoms with van der Waals surface area (Å²) in [4.78, 5) is 16.1. The van der Waals surface area contributed by atoms with Crippen LogP contribution in [0.25, 0.3) is 0 Å². The van der Waals surface area contributed by atoms with Crippen molar-refractivity contribution in [3.05, 3.63) is 53.9 Å². The molecule has 1 aromatic heterocycles. The van der Waals surface area contributed by atoms with Crippen molar-refractivity contribution in [2.45, 2.75) is 37.6 Å². The van der Waals surface area contributed by atoms with Gasteiger partial charge in [0.25, 0.3) is 5.91 Å². The van der Waals surface area contributed by atoms with Crippen LogP contribution in [-0.4, -0.2) is 27.1 Å². The highest BCUT2D eigenvalue weighted by Gasteiger charge is 2.25. The summed E-state index contributed by atoms with van der Waals surface area (Å²) < 4.78 is 0. The first kappa shape index (κ1) is 15.3. The third kappa shape index (κ3) is 3.62. The first-order valence-corrected chi connectivity index (χ1v) is 7.86. The molecule has 0 radical (unpaired) electrons. The maximum atomic E-state index is 12.1. The number of carbonyl (C=O) groups is 1. The highest BCUT2D eigenvalue weighted by molar-refractivity contribution is 5.94. The number of benzene rings is 1. The molecule has 5 nitrogen and oxygen atoms in total. The molecule has 1 heterocycles. The first-order valence-electron chi connectivity index (χ1n) is 7.86. The van der Waals surface area contributed by atoms with Crippen molar-refractivity contribution in [2.75, 3.05) is 0 Å². The summed E-state index contributed by atoms with van der Waals surface area (Å²) in [5.74, 6) is 0.396. The number of aromatic hydroxyl groups is 2. The lowest BCUT2D eigenvalue weighted by Crippen LogP contribution is -2.37. The predicted molar refractivity (Wildman–Crippen MR) is 86.5 cm³/mol. The molecule has 1 aliphatic rings. The molecule has 120 valence electrons. The normalized spacial score (nSPS) is 20.9. The molecule has 0 unspecified atom stereocenters. The minimum Gasteiger partial charge on any atom is -0.508 e. The summed E-state index contributed by atoms with van der Waals surface area (Å²) in [6.45, 7) is 0. The van der Waals surface area contributed by atoms with Crippen LogP contribution >= 0.6 is 0 Å². The Morgan fingerprint density at radius 3 is 2.57 bits per heavy atom. The van der Waals surface area contributed by atoms with Gasteiger partial charge in [0.15, 0.2) is 0 Å². The molecular formula is C18H20N2O3. The minimum absolute atomic E-state index is 0.0728. The smallest absolute Gasteiger partial charge is 0.253 e. The Bertz CT molecular complexity index is 680. The van der Waals surface area contributed by atoms with Crippen molar-refractivity contribution in [3.8, 4) is 11.5 Å².